The van der Waals surface area contributed by atoms with Crippen LogP contribution in [0.2, 0.25) is 5.02 Å². The molecule has 0 aliphatic heterocycles. The molecule has 2 aromatic heterocycles. The van der Waals surface area contributed by atoms with Gasteiger partial charge in [0.05, 0.1) is 5.02 Å². The zero-order valence-corrected chi connectivity index (χ0v) is 8.22. The topological polar surface area (TPSA) is 38.9 Å². The molecule has 0 saturated heterocycles. The van der Waals surface area contributed by atoms with Gasteiger partial charge in [-0.05, 0) is 19.4 Å². The number of aromatic nitrogens is 2. The van der Waals surface area contributed by atoms with E-state index in [0.717, 1.165) is 23.3 Å². The first-order valence-electron chi connectivity index (χ1n) is 4.13. The van der Waals surface area contributed by atoms with Gasteiger partial charge >= 0.3 is 0 Å². The SMILES string of the molecule is CCc1cc(Cl)c2onc(C)c2n1. The molecule has 4 heteroatoms. The molecule has 0 bridgehead atoms. The van der Waals surface area contributed by atoms with E-state index in [4.69, 9.17) is 16.1 Å². The third-order valence-corrected chi connectivity index (χ3v) is 2.24. The molecule has 2 aromatic rings. The van der Waals surface area contributed by atoms with Gasteiger partial charge in [0.25, 0.3) is 0 Å². The molecule has 0 unspecified atom stereocenters. The fraction of sp³-hybridized carbons (Fsp3) is 0.333. The van der Waals surface area contributed by atoms with E-state index in [1.54, 1.807) is 0 Å². The van der Waals surface area contributed by atoms with Crippen molar-refractivity contribution in [2.75, 3.05) is 0 Å². The predicted octanol–water partition coefficient (Wildman–Crippen LogP) is 2.75. The van der Waals surface area contributed by atoms with Crippen LogP contribution in [0, 0.1) is 6.92 Å². The lowest BCUT2D eigenvalue weighted by atomic mass is 10.2. The highest BCUT2D eigenvalue weighted by atomic mass is 35.5. The molecule has 0 radical (unpaired) electrons. The Morgan fingerprint density at radius 1 is 1.54 bits per heavy atom. The summed E-state index contributed by atoms with van der Waals surface area (Å²) < 4.78 is 5.03. The van der Waals surface area contributed by atoms with Crippen molar-refractivity contribution < 1.29 is 4.52 Å². The third kappa shape index (κ3) is 1.29. The molecular formula is C9H9ClN2O. The van der Waals surface area contributed by atoms with Crippen LogP contribution in [0.3, 0.4) is 0 Å². The summed E-state index contributed by atoms with van der Waals surface area (Å²) in [5.74, 6) is 0. The minimum absolute atomic E-state index is 0.580. The van der Waals surface area contributed by atoms with Gasteiger partial charge in [-0.15, -0.1) is 0 Å². The van der Waals surface area contributed by atoms with E-state index in [-0.39, 0.29) is 0 Å². The molecule has 3 nitrogen and oxygen atoms in total. The number of fused-ring (bicyclic) bond motifs is 1. The molecule has 68 valence electrons. The molecule has 0 N–H and O–H groups in total. The smallest absolute Gasteiger partial charge is 0.204 e. The standard InChI is InChI=1S/C9H9ClN2O/c1-3-6-4-7(10)9-8(11-6)5(2)12-13-9/h4H,3H2,1-2H3. The van der Waals surface area contributed by atoms with Crippen LogP contribution in [0.4, 0.5) is 0 Å². The molecule has 0 aliphatic carbocycles. The Balaban J connectivity index is 2.80. The summed E-state index contributed by atoms with van der Waals surface area (Å²) in [7, 11) is 0. The molecule has 2 rings (SSSR count). The first-order chi connectivity index (χ1) is 6.22. The van der Waals surface area contributed by atoms with Gasteiger partial charge in [0.15, 0.2) is 0 Å². The van der Waals surface area contributed by atoms with Crippen LogP contribution in [0.15, 0.2) is 10.6 Å². The maximum absolute atomic E-state index is 5.98. The fourth-order valence-corrected chi connectivity index (χ4v) is 1.47. The van der Waals surface area contributed by atoms with E-state index < -0.39 is 0 Å². The van der Waals surface area contributed by atoms with Crippen molar-refractivity contribution >= 4 is 22.7 Å². The van der Waals surface area contributed by atoms with Gasteiger partial charge in [-0.2, -0.15) is 0 Å². The molecular weight excluding hydrogens is 188 g/mol. The van der Waals surface area contributed by atoms with Crippen LogP contribution >= 0.6 is 11.6 Å². The summed E-state index contributed by atoms with van der Waals surface area (Å²) in [6, 6.07) is 1.81. The number of halogens is 1. The van der Waals surface area contributed by atoms with Crippen molar-refractivity contribution in [1.82, 2.24) is 10.1 Å². The first-order valence-corrected chi connectivity index (χ1v) is 4.51. The number of hydrogen-bond acceptors (Lipinski definition) is 3. The van der Waals surface area contributed by atoms with Crippen molar-refractivity contribution in [1.29, 1.82) is 0 Å². The summed E-state index contributed by atoms with van der Waals surface area (Å²) in [6.45, 7) is 3.89. The van der Waals surface area contributed by atoms with Gasteiger partial charge in [-0.1, -0.05) is 23.7 Å². The summed E-state index contributed by atoms with van der Waals surface area (Å²) in [4.78, 5) is 4.37. The lowest BCUT2D eigenvalue weighted by molar-refractivity contribution is 0.450. The third-order valence-electron chi connectivity index (χ3n) is 1.96. The molecule has 0 aromatic carbocycles. The van der Waals surface area contributed by atoms with Gasteiger partial charge in [-0.3, -0.25) is 0 Å². The minimum atomic E-state index is 0.580. The zero-order valence-electron chi connectivity index (χ0n) is 7.47. The van der Waals surface area contributed by atoms with Gasteiger partial charge in [0, 0.05) is 5.69 Å². The Labute approximate surface area is 80.7 Å². The summed E-state index contributed by atoms with van der Waals surface area (Å²) in [5, 5.41) is 4.40. The molecule has 13 heavy (non-hydrogen) atoms. The number of nitrogens with zero attached hydrogens (tertiary/aromatic N) is 2. The number of pyridine rings is 1. The highest BCUT2D eigenvalue weighted by Gasteiger charge is 2.10. The Kier molecular flexibility index (Phi) is 1.96. The van der Waals surface area contributed by atoms with Gasteiger partial charge < -0.3 is 4.52 Å². The summed E-state index contributed by atoms with van der Waals surface area (Å²) in [6.07, 6.45) is 0.861. The monoisotopic (exact) mass is 196 g/mol. The highest BCUT2D eigenvalue weighted by Crippen LogP contribution is 2.24. The summed E-state index contributed by atoms with van der Waals surface area (Å²) >= 11 is 5.98. The van der Waals surface area contributed by atoms with Crippen molar-refractivity contribution in [3.8, 4) is 0 Å². The van der Waals surface area contributed by atoms with Crippen molar-refractivity contribution in [2.24, 2.45) is 0 Å². The minimum Gasteiger partial charge on any atom is -0.353 e. The largest absolute Gasteiger partial charge is 0.353 e. The average molecular weight is 197 g/mol. The number of aryl methyl sites for hydroxylation is 2. The van der Waals surface area contributed by atoms with Gasteiger partial charge in [0.1, 0.15) is 11.2 Å². The van der Waals surface area contributed by atoms with E-state index >= 15 is 0 Å². The quantitative estimate of drug-likeness (QED) is 0.704. The van der Waals surface area contributed by atoms with E-state index in [0.29, 0.717) is 10.6 Å². The summed E-state index contributed by atoms with van der Waals surface area (Å²) in [5.41, 5.74) is 3.09. The highest BCUT2D eigenvalue weighted by molar-refractivity contribution is 6.34. The van der Waals surface area contributed by atoms with Crippen LogP contribution in [-0.4, -0.2) is 10.1 Å². The molecule has 0 saturated carbocycles. The Morgan fingerprint density at radius 2 is 2.31 bits per heavy atom. The lowest BCUT2D eigenvalue weighted by Gasteiger charge is -1.96. The Bertz CT molecular complexity index is 450. The van der Waals surface area contributed by atoms with Crippen LogP contribution < -0.4 is 0 Å². The second-order valence-corrected chi connectivity index (χ2v) is 3.30. The number of hydrogen-bond donors (Lipinski definition) is 0. The van der Waals surface area contributed by atoms with E-state index in [2.05, 4.69) is 10.1 Å². The normalized spacial score (nSPS) is 11.0. The fourth-order valence-electron chi connectivity index (χ4n) is 1.22. The second-order valence-electron chi connectivity index (χ2n) is 2.89. The van der Waals surface area contributed by atoms with Crippen LogP contribution in [-0.2, 0) is 6.42 Å². The van der Waals surface area contributed by atoms with E-state index in [1.807, 2.05) is 19.9 Å². The van der Waals surface area contributed by atoms with E-state index in [9.17, 15) is 0 Å². The van der Waals surface area contributed by atoms with Gasteiger partial charge in [0.2, 0.25) is 5.58 Å². The van der Waals surface area contributed by atoms with E-state index in [1.165, 1.54) is 0 Å². The number of rotatable bonds is 1. The van der Waals surface area contributed by atoms with Gasteiger partial charge in [-0.25, -0.2) is 4.98 Å². The predicted molar refractivity (Wildman–Crippen MR) is 50.9 cm³/mol. The van der Waals surface area contributed by atoms with Crippen LogP contribution in [0.5, 0.6) is 0 Å². The second kappa shape index (κ2) is 3.00. The Hall–Kier alpha value is -1.09. The molecule has 0 aliphatic rings. The zero-order chi connectivity index (χ0) is 9.42. The van der Waals surface area contributed by atoms with Crippen molar-refractivity contribution in [2.45, 2.75) is 20.3 Å². The first kappa shape index (κ1) is 8.51. The Morgan fingerprint density at radius 3 is 3.00 bits per heavy atom. The molecule has 0 amide bonds. The lowest BCUT2D eigenvalue weighted by Crippen LogP contribution is -1.87. The maximum Gasteiger partial charge on any atom is 0.204 e. The van der Waals surface area contributed by atoms with Crippen molar-refractivity contribution in [3.05, 3.63) is 22.5 Å². The molecule has 0 spiro atoms. The van der Waals surface area contributed by atoms with Crippen molar-refractivity contribution in [3.63, 3.8) is 0 Å². The van der Waals surface area contributed by atoms with Crippen LogP contribution in [0.1, 0.15) is 18.3 Å². The maximum atomic E-state index is 5.98. The molecule has 0 atom stereocenters. The molecule has 0 fully saturated rings. The van der Waals surface area contributed by atoms with Crippen LogP contribution in [0.25, 0.3) is 11.1 Å². The average Bonchev–Trinajstić information content (AvgIpc) is 2.48. The molecule has 2 heterocycles.